The van der Waals surface area contributed by atoms with Crippen molar-refractivity contribution in [3.8, 4) is 5.75 Å². The number of hydrogen-bond acceptors (Lipinski definition) is 3. The lowest BCUT2D eigenvalue weighted by atomic mass is 10.2. The summed E-state index contributed by atoms with van der Waals surface area (Å²) in [5, 5.41) is 4.32. The summed E-state index contributed by atoms with van der Waals surface area (Å²) in [4.78, 5) is 22.5. The molecule has 0 aliphatic heterocycles. The fourth-order valence-corrected chi connectivity index (χ4v) is 2.86. The number of aromatic nitrogens is 3. The number of fused-ring (bicyclic) bond motifs is 2. The standard InChI is InChI=1S/C18H15FN4O2/c1-25-16-3-2-13(19)17-12(16)7-15(23-17)18(24)21-9-11-6-10-8-20-5-4-14(10)22-11/h2-8,22-23H,9H2,1H3,(H,21,24). The molecule has 0 saturated carbocycles. The molecule has 3 aromatic heterocycles. The maximum atomic E-state index is 13.9. The minimum atomic E-state index is -0.432. The molecule has 4 aromatic rings. The molecule has 25 heavy (non-hydrogen) atoms. The molecule has 6 nitrogen and oxygen atoms in total. The van der Waals surface area contributed by atoms with Crippen LogP contribution >= 0.6 is 0 Å². The van der Waals surface area contributed by atoms with Crippen molar-refractivity contribution in [3.63, 3.8) is 0 Å². The summed E-state index contributed by atoms with van der Waals surface area (Å²) < 4.78 is 19.1. The summed E-state index contributed by atoms with van der Waals surface area (Å²) in [5.74, 6) is -0.248. The van der Waals surface area contributed by atoms with Crippen molar-refractivity contribution in [1.82, 2.24) is 20.3 Å². The van der Waals surface area contributed by atoms with Gasteiger partial charge in [0.1, 0.15) is 17.3 Å². The summed E-state index contributed by atoms with van der Waals surface area (Å²) in [6.07, 6.45) is 3.46. The lowest BCUT2D eigenvalue weighted by molar-refractivity contribution is 0.0946. The zero-order valence-corrected chi connectivity index (χ0v) is 13.4. The summed E-state index contributed by atoms with van der Waals surface area (Å²) >= 11 is 0. The van der Waals surface area contributed by atoms with Gasteiger partial charge >= 0.3 is 0 Å². The molecule has 0 saturated heterocycles. The van der Waals surface area contributed by atoms with Crippen LogP contribution in [0.25, 0.3) is 21.8 Å². The van der Waals surface area contributed by atoms with Gasteiger partial charge < -0.3 is 20.0 Å². The Morgan fingerprint density at radius 2 is 2.16 bits per heavy atom. The summed E-state index contributed by atoms with van der Waals surface area (Å²) in [5.41, 5.74) is 2.34. The highest BCUT2D eigenvalue weighted by molar-refractivity contribution is 5.99. The lowest BCUT2D eigenvalue weighted by Crippen LogP contribution is -2.23. The van der Waals surface area contributed by atoms with Crippen LogP contribution in [-0.2, 0) is 6.54 Å². The molecule has 0 bridgehead atoms. The van der Waals surface area contributed by atoms with Gasteiger partial charge in [-0.05, 0) is 30.3 Å². The van der Waals surface area contributed by atoms with E-state index < -0.39 is 5.82 Å². The highest BCUT2D eigenvalue weighted by Crippen LogP contribution is 2.28. The van der Waals surface area contributed by atoms with Gasteiger partial charge in [-0.25, -0.2) is 4.39 Å². The number of rotatable bonds is 4. The Balaban J connectivity index is 1.56. The Morgan fingerprint density at radius 3 is 2.96 bits per heavy atom. The molecule has 1 amide bonds. The monoisotopic (exact) mass is 338 g/mol. The lowest BCUT2D eigenvalue weighted by Gasteiger charge is -2.01. The van der Waals surface area contributed by atoms with E-state index in [1.165, 1.54) is 19.2 Å². The van der Waals surface area contributed by atoms with Gasteiger partial charge in [0.05, 0.1) is 19.2 Å². The summed E-state index contributed by atoms with van der Waals surface area (Å²) in [6, 6.07) is 8.22. The minimum absolute atomic E-state index is 0.251. The van der Waals surface area contributed by atoms with E-state index >= 15 is 0 Å². The molecule has 3 N–H and O–H groups in total. The first kappa shape index (κ1) is 15.2. The third kappa shape index (κ3) is 2.69. The normalized spacial score (nSPS) is 11.1. The Hall–Kier alpha value is -3.35. The Kier molecular flexibility index (Phi) is 3.61. The van der Waals surface area contributed by atoms with Crippen molar-refractivity contribution in [2.45, 2.75) is 6.54 Å². The van der Waals surface area contributed by atoms with E-state index in [9.17, 15) is 9.18 Å². The number of benzene rings is 1. The minimum Gasteiger partial charge on any atom is -0.496 e. The van der Waals surface area contributed by atoms with E-state index in [2.05, 4.69) is 20.3 Å². The van der Waals surface area contributed by atoms with Crippen molar-refractivity contribution < 1.29 is 13.9 Å². The Bertz CT molecular complexity index is 1050. The third-order valence-electron chi connectivity index (χ3n) is 4.08. The molecule has 0 aliphatic rings. The van der Waals surface area contributed by atoms with Crippen molar-refractivity contribution in [2.24, 2.45) is 0 Å². The fourth-order valence-electron chi connectivity index (χ4n) is 2.86. The number of methoxy groups -OCH3 is 1. The molecule has 0 unspecified atom stereocenters. The van der Waals surface area contributed by atoms with Crippen LogP contribution in [0.3, 0.4) is 0 Å². The molecule has 3 heterocycles. The quantitative estimate of drug-likeness (QED) is 0.535. The number of H-pyrrole nitrogens is 2. The van der Waals surface area contributed by atoms with Gasteiger partial charge in [0.25, 0.3) is 5.91 Å². The molecule has 7 heteroatoms. The smallest absolute Gasteiger partial charge is 0.268 e. The van der Waals surface area contributed by atoms with Crippen molar-refractivity contribution in [1.29, 1.82) is 0 Å². The van der Waals surface area contributed by atoms with Crippen molar-refractivity contribution in [2.75, 3.05) is 7.11 Å². The van der Waals surface area contributed by atoms with Crippen LogP contribution in [0, 0.1) is 5.82 Å². The van der Waals surface area contributed by atoms with Gasteiger partial charge in [-0.1, -0.05) is 0 Å². The van der Waals surface area contributed by atoms with Crippen LogP contribution in [0.15, 0.2) is 42.7 Å². The zero-order valence-electron chi connectivity index (χ0n) is 13.4. The number of hydrogen-bond donors (Lipinski definition) is 3. The number of carbonyl (C=O) groups is 1. The zero-order chi connectivity index (χ0) is 17.4. The average molecular weight is 338 g/mol. The molecule has 0 aliphatic carbocycles. The van der Waals surface area contributed by atoms with E-state index in [1.54, 1.807) is 18.5 Å². The summed E-state index contributed by atoms with van der Waals surface area (Å²) in [7, 11) is 1.50. The number of amides is 1. The van der Waals surface area contributed by atoms with Crippen LogP contribution in [0.1, 0.15) is 16.2 Å². The van der Waals surface area contributed by atoms with Crippen molar-refractivity contribution in [3.05, 3.63) is 59.9 Å². The molecular weight excluding hydrogens is 323 g/mol. The van der Waals surface area contributed by atoms with Crippen LogP contribution in [0.5, 0.6) is 5.75 Å². The first-order valence-electron chi connectivity index (χ1n) is 7.71. The fraction of sp³-hybridized carbons (Fsp3) is 0.111. The maximum Gasteiger partial charge on any atom is 0.268 e. The second-order valence-corrected chi connectivity index (χ2v) is 5.66. The SMILES string of the molecule is COc1ccc(F)c2[nH]c(C(=O)NCc3cc4cnccc4[nH]3)cc12. The van der Waals surface area contributed by atoms with Gasteiger partial charge in [0.15, 0.2) is 0 Å². The Morgan fingerprint density at radius 1 is 1.28 bits per heavy atom. The molecular formula is C18H15FN4O2. The van der Waals surface area contributed by atoms with Gasteiger partial charge in [-0.3, -0.25) is 9.78 Å². The topological polar surface area (TPSA) is 82.8 Å². The van der Waals surface area contributed by atoms with Crippen molar-refractivity contribution >= 4 is 27.7 Å². The van der Waals surface area contributed by atoms with Crippen LogP contribution in [-0.4, -0.2) is 28.0 Å². The number of aromatic amines is 2. The van der Waals surface area contributed by atoms with E-state index in [4.69, 9.17) is 4.74 Å². The van der Waals surface area contributed by atoms with Crippen LogP contribution in [0.2, 0.25) is 0 Å². The number of carbonyl (C=O) groups excluding carboxylic acids is 1. The number of pyridine rings is 1. The number of nitrogens with zero attached hydrogens (tertiary/aromatic N) is 1. The largest absolute Gasteiger partial charge is 0.496 e. The number of halogens is 1. The average Bonchev–Trinajstić information content (AvgIpc) is 3.24. The molecule has 0 spiro atoms. The van der Waals surface area contributed by atoms with Crippen LogP contribution in [0.4, 0.5) is 4.39 Å². The molecule has 4 rings (SSSR count). The highest BCUT2D eigenvalue weighted by atomic mass is 19.1. The molecule has 0 atom stereocenters. The number of nitrogens with one attached hydrogen (secondary N) is 3. The predicted molar refractivity (Wildman–Crippen MR) is 92.1 cm³/mol. The first-order valence-corrected chi connectivity index (χ1v) is 7.71. The van der Waals surface area contributed by atoms with Crippen LogP contribution < -0.4 is 10.1 Å². The van der Waals surface area contributed by atoms with E-state index in [0.717, 1.165) is 16.6 Å². The van der Waals surface area contributed by atoms with E-state index in [1.807, 2.05) is 12.1 Å². The van der Waals surface area contributed by atoms with Gasteiger partial charge in [-0.15, -0.1) is 0 Å². The molecule has 1 aromatic carbocycles. The summed E-state index contributed by atoms with van der Waals surface area (Å²) in [6.45, 7) is 0.322. The maximum absolute atomic E-state index is 13.9. The van der Waals surface area contributed by atoms with Gasteiger partial charge in [0.2, 0.25) is 0 Å². The van der Waals surface area contributed by atoms with E-state index in [-0.39, 0.29) is 17.1 Å². The Labute approximate surface area is 142 Å². The third-order valence-corrected chi connectivity index (χ3v) is 4.08. The predicted octanol–water partition coefficient (Wildman–Crippen LogP) is 3.12. The number of ether oxygens (including phenoxy) is 1. The molecule has 126 valence electrons. The second kappa shape index (κ2) is 5.94. The second-order valence-electron chi connectivity index (χ2n) is 5.66. The first-order chi connectivity index (χ1) is 12.2. The van der Waals surface area contributed by atoms with E-state index in [0.29, 0.717) is 17.7 Å². The molecule has 0 radical (unpaired) electrons. The van der Waals surface area contributed by atoms with Gasteiger partial charge in [0, 0.05) is 34.4 Å². The van der Waals surface area contributed by atoms with Gasteiger partial charge in [-0.2, -0.15) is 0 Å². The molecule has 0 fully saturated rings. The highest BCUT2D eigenvalue weighted by Gasteiger charge is 2.15.